The van der Waals surface area contributed by atoms with Gasteiger partial charge in [-0.2, -0.15) is 0 Å². The maximum absolute atomic E-state index is 13.7. The molecule has 0 fully saturated rings. The van der Waals surface area contributed by atoms with E-state index in [9.17, 15) is 9.59 Å². The first-order valence-electron chi connectivity index (χ1n) is 11.5. The van der Waals surface area contributed by atoms with Crippen LogP contribution in [-0.4, -0.2) is 42.9 Å². The number of carbonyl (C=O) groups is 1. The first-order chi connectivity index (χ1) is 16.9. The van der Waals surface area contributed by atoms with Gasteiger partial charge in [0.1, 0.15) is 17.1 Å². The second-order valence-corrected chi connectivity index (χ2v) is 9.30. The molecule has 4 aromatic rings. The van der Waals surface area contributed by atoms with E-state index < -0.39 is 6.04 Å². The van der Waals surface area contributed by atoms with Gasteiger partial charge in [-0.1, -0.05) is 41.9 Å². The van der Waals surface area contributed by atoms with Crippen molar-refractivity contribution in [2.24, 2.45) is 0 Å². The molecule has 1 unspecified atom stereocenters. The highest BCUT2D eigenvalue weighted by molar-refractivity contribution is 6.31. The molecule has 1 aliphatic rings. The number of amides is 1. The predicted octanol–water partition coefficient (Wildman–Crippen LogP) is 5.74. The van der Waals surface area contributed by atoms with E-state index in [1.54, 1.807) is 23.1 Å². The lowest BCUT2D eigenvalue weighted by atomic mass is 9.98. The van der Waals surface area contributed by atoms with E-state index in [0.29, 0.717) is 39.6 Å². The maximum Gasteiger partial charge on any atom is 0.290 e. The molecule has 178 valence electrons. The molecule has 1 aromatic heterocycles. The Morgan fingerprint density at radius 3 is 2.51 bits per heavy atom. The molecule has 1 aliphatic heterocycles. The fourth-order valence-electron chi connectivity index (χ4n) is 4.50. The lowest BCUT2D eigenvalue weighted by molar-refractivity contribution is 0.0722. The summed E-state index contributed by atoms with van der Waals surface area (Å²) >= 11 is 6.17. The first kappa shape index (κ1) is 23.1. The largest absolute Gasteiger partial charge is 0.457 e. The van der Waals surface area contributed by atoms with Gasteiger partial charge in [0.05, 0.1) is 17.0 Å². The third-order valence-corrected chi connectivity index (χ3v) is 6.32. The van der Waals surface area contributed by atoms with Gasteiger partial charge in [0.25, 0.3) is 5.91 Å². The summed E-state index contributed by atoms with van der Waals surface area (Å²) in [5.41, 5.74) is 1.23. The number of para-hydroxylation sites is 1. The van der Waals surface area contributed by atoms with Crippen LogP contribution in [0.5, 0.6) is 11.5 Å². The molecule has 0 saturated carbocycles. The van der Waals surface area contributed by atoms with Crippen molar-refractivity contribution < 1.29 is 13.9 Å². The molecule has 0 N–H and O–H groups in total. The minimum Gasteiger partial charge on any atom is -0.457 e. The van der Waals surface area contributed by atoms with Crippen LogP contribution in [0.2, 0.25) is 5.02 Å². The Morgan fingerprint density at radius 1 is 0.971 bits per heavy atom. The Morgan fingerprint density at radius 2 is 1.74 bits per heavy atom. The van der Waals surface area contributed by atoms with Crippen molar-refractivity contribution in [2.45, 2.75) is 12.5 Å². The molecule has 0 saturated heterocycles. The Hall–Kier alpha value is -3.61. The second kappa shape index (κ2) is 9.56. The van der Waals surface area contributed by atoms with Crippen LogP contribution in [0.4, 0.5) is 0 Å². The Balaban J connectivity index is 1.61. The molecule has 6 nitrogen and oxygen atoms in total. The van der Waals surface area contributed by atoms with Crippen LogP contribution in [-0.2, 0) is 0 Å². The number of carbonyl (C=O) groups excluding carboxylic acids is 1. The van der Waals surface area contributed by atoms with Crippen LogP contribution in [0.15, 0.2) is 82.0 Å². The zero-order valence-electron chi connectivity index (χ0n) is 19.5. The molecule has 1 amide bonds. The molecular weight excluding hydrogens is 464 g/mol. The summed E-state index contributed by atoms with van der Waals surface area (Å²) in [6.45, 7) is 1.29. The fourth-order valence-corrected chi connectivity index (χ4v) is 4.67. The highest BCUT2D eigenvalue weighted by Crippen LogP contribution is 2.39. The average Bonchev–Trinajstić information content (AvgIpc) is 3.12. The number of halogens is 1. The van der Waals surface area contributed by atoms with Gasteiger partial charge >= 0.3 is 0 Å². The molecule has 0 radical (unpaired) electrons. The summed E-state index contributed by atoms with van der Waals surface area (Å²) in [5, 5.41) is 0.799. The number of nitrogens with zero attached hydrogens (tertiary/aromatic N) is 2. The molecule has 1 atom stereocenters. The number of fused-ring (bicyclic) bond motifs is 2. The predicted molar refractivity (Wildman–Crippen MR) is 137 cm³/mol. The molecular formula is C28H25ClN2O4. The third kappa shape index (κ3) is 4.55. The van der Waals surface area contributed by atoms with Crippen LogP contribution < -0.4 is 10.2 Å². The SMILES string of the molecule is CN(C)CCCN1C(=O)c2oc3ccc(Cl)cc3c(=O)c2C1c1cccc(Oc2ccccc2)c1. The number of benzene rings is 3. The van der Waals surface area contributed by atoms with Gasteiger partial charge in [-0.3, -0.25) is 9.59 Å². The number of rotatable bonds is 7. The summed E-state index contributed by atoms with van der Waals surface area (Å²) in [7, 11) is 3.98. The van der Waals surface area contributed by atoms with Crippen molar-refractivity contribution >= 4 is 28.5 Å². The highest BCUT2D eigenvalue weighted by atomic mass is 35.5. The smallest absolute Gasteiger partial charge is 0.290 e. The summed E-state index contributed by atoms with van der Waals surface area (Å²) in [5.74, 6) is 1.13. The van der Waals surface area contributed by atoms with Crippen LogP contribution in [0.25, 0.3) is 11.0 Å². The monoisotopic (exact) mass is 488 g/mol. The van der Waals surface area contributed by atoms with E-state index in [0.717, 1.165) is 18.5 Å². The van der Waals surface area contributed by atoms with Gasteiger partial charge in [0.2, 0.25) is 5.76 Å². The minimum absolute atomic E-state index is 0.0917. The summed E-state index contributed by atoms with van der Waals surface area (Å²) in [6.07, 6.45) is 0.753. The molecule has 7 heteroatoms. The molecule has 3 aromatic carbocycles. The molecule has 2 heterocycles. The number of hydrogen-bond donors (Lipinski definition) is 0. The van der Waals surface area contributed by atoms with E-state index in [2.05, 4.69) is 4.90 Å². The number of ether oxygens (including phenoxy) is 1. The summed E-state index contributed by atoms with van der Waals surface area (Å²) in [4.78, 5) is 31.0. The Kier molecular flexibility index (Phi) is 6.32. The van der Waals surface area contributed by atoms with Crippen LogP contribution >= 0.6 is 11.6 Å². The molecule has 0 spiro atoms. The van der Waals surface area contributed by atoms with E-state index in [1.807, 2.05) is 68.7 Å². The second-order valence-electron chi connectivity index (χ2n) is 8.86. The van der Waals surface area contributed by atoms with Crippen molar-refractivity contribution in [1.82, 2.24) is 9.80 Å². The standard InChI is InChI=1S/C28H25ClN2O4/c1-30(2)14-7-15-31-25(18-8-6-11-21(16-18)34-20-9-4-3-5-10-20)24-26(32)22-17-19(29)12-13-23(22)35-27(24)28(31)33/h3-6,8-13,16-17,25H,7,14-15H2,1-2H3. The van der Waals surface area contributed by atoms with E-state index in [1.165, 1.54) is 0 Å². The zero-order chi connectivity index (χ0) is 24.5. The molecule has 5 rings (SSSR count). The normalized spacial score (nSPS) is 15.1. The highest BCUT2D eigenvalue weighted by Gasteiger charge is 2.42. The molecule has 0 bridgehead atoms. The summed E-state index contributed by atoms with van der Waals surface area (Å²) in [6, 6.07) is 21.3. The van der Waals surface area contributed by atoms with Gasteiger partial charge < -0.3 is 19.0 Å². The average molecular weight is 489 g/mol. The molecule has 35 heavy (non-hydrogen) atoms. The zero-order valence-corrected chi connectivity index (χ0v) is 20.3. The van der Waals surface area contributed by atoms with Gasteiger partial charge in [0, 0.05) is 11.6 Å². The Bertz CT molecular complexity index is 1450. The molecule has 0 aliphatic carbocycles. The van der Waals surface area contributed by atoms with Crippen molar-refractivity contribution in [1.29, 1.82) is 0 Å². The fraction of sp³-hybridized carbons (Fsp3) is 0.214. The van der Waals surface area contributed by atoms with Gasteiger partial charge in [0.15, 0.2) is 5.43 Å². The van der Waals surface area contributed by atoms with Crippen molar-refractivity contribution in [3.8, 4) is 11.5 Å². The third-order valence-electron chi connectivity index (χ3n) is 6.08. The van der Waals surface area contributed by atoms with Gasteiger partial charge in [-0.25, -0.2) is 0 Å². The van der Waals surface area contributed by atoms with Crippen molar-refractivity contribution in [3.05, 3.63) is 105 Å². The van der Waals surface area contributed by atoms with E-state index >= 15 is 0 Å². The van der Waals surface area contributed by atoms with Gasteiger partial charge in [-0.15, -0.1) is 0 Å². The van der Waals surface area contributed by atoms with E-state index in [-0.39, 0.29) is 17.1 Å². The van der Waals surface area contributed by atoms with Crippen LogP contribution in [0.3, 0.4) is 0 Å². The van der Waals surface area contributed by atoms with Crippen molar-refractivity contribution in [3.63, 3.8) is 0 Å². The minimum atomic E-state index is -0.585. The number of hydrogen-bond acceptors (Lipinski definition) is 5. The summed E-state index contributed by atoms with van der Waals surface area (Å²) < 4.78 is 12.0. The maximum atomic E-state index is 13.7. The van der Waals surface area contributed by atoms with Crippen LogP contribution in [0, 0.1) is 0 Å². The topological polar surface area (TPSA) is 63.0 Å². The quantitative estimate of drug-likeness (QED) is 0.332. The van der Waals surface area contributed by atoms with Crippen LogP contribution in [0.1, 0.15) is 34.1 Å². The first-order valence-corrected chi connectivity index (χ1v) is 11.8. The lowest BCUT2D eigenvalue weighted by Crippen LogP contribution is -2.32. The van der Waals surface area contributed by atoms with E-state index in [4.69, 9.17) is 20.8 Å². The lowest BCUT2D eigenvalue weighted by Gasteiger charge is -2.26. The Labute approximate surface area is 208 Å². The van der Waals surface area contributed by atoms with Crippen molar-refractivity contribution in [2.75, 3.05) is 27.2 Å². The van der Waals surface area contributed by atoms with Gasteiger partial charge in [-0.05, 0) is 75.1 Å².